The molecule has 4 heterocycles. The number of hydrogen-bond donors (Lipinski definition) is 0. The summed E-state index contributed by atoms with van der Waals surface area (Å²) in [5.74, 6) is 0.0844. The smallest absolute Gasteiger partial charge is 0.255 e. The first-order valence-corrected chi connectivity index (χ1v) is 7.56. The molecule has 106 valence electrons. The number of likely N-dealkylation sites (tertiary alicyclic amines) is 1. The first-order valence-electron chi connectivity index (χ1n) is 6.76. The van der Waals surface area contributed by atoms with Crippen LogP contribution in [0.2, 0.25) is 0 Å². The topological polar surface area (TPSA) is 42.5 Å². The van der Waals surface area contributed by atoms with Gasteiger partial charge in [0.15, 0.2) is 0 Å². The Balaban J connectivity index is 1.49. The summed E-state index contributed by atoms with van der Waals surface area (Å²) in [6, 6.07) is 8.13. The summed E-state index contributed by atoms with van der Waals surface area (Å²) in [5, 5.41) is 4.27. The van der Waals surface area contributed by atoms with E-state index in [1.54, 1.807) is 6.20 Å². The molecule has 1 saturated heterocycles. The number of carbonyl (C=O) groups is 1. The van der Waals surface area contributed by atoms with Gasteiger partial charge in [-0.1, -0.05) is 6.07 Å². The van der Waals surface area contributed by atoms with Crippen molar-refractivity contribution in [1.29, 1.82) is 0 Å². The molecule has 21 heavy (non-hydrogen) atoms. The highest BCUT2D eigenvalue weighted by Gasteiger charge is 2.33. The molecule has 1 aliphatic rings. The van der Waals surface area contributed by atoms with Crippen molar-refractivity contribution in [3.63, 3.8) is 0 Å². The molecule has 0 atom stereocenters. The van der Waals surface area contributed by atoms with E-state index in [0.717, 1.165) is 15.6 Å². The number of carbonyl (C=O) groups excluding carboxylic acids is 1. The van der Waals surface area contributed by atoms with Crippen molar-refractivity contribution in [2.75, 3.05) is 13.1 Å². The van der Waals surface area contributed by atoms with Gasteiger partial charge >= 0.3 is 0 Å². The van der Waals surface area contributed by atoms with Crippen molar-refractivity contribution in [3.05, 3.63) is 59.1 Å². The molecule has 0 bridgehead atoms. The van der Waals surface area contributed by atoms with Gasteiger partial charge in [0.05, 0.1) is 22.3 Å². The summed E-state index contributed by atoms with van der Waals surface area (Å²) in [6.45, 7) is 1.41. The van der Waals surface area contributed by atoms with Gasteiger partial charge in [-0.2, -0.15) is 5.10 Å². The fourth-order valence-electron chi connectivity index (χ4n) is 2.66. The number of amides is 1. The maximum absolute atomic E-state index is 12.5. The van der Waals surface area contributed by atoms with Crippen LogP contribution in [0.4, 0.5) is 0 Å². The van der Waals surface area contributed by atoms with Crippen LogP contribution >= 0.6 is 15.9 Å². The Labute approximate surface area is 129 Å². The van der Waals surface area contributed by atoms with Crippen molar-refractivity contribution >= 4 is 27.4 Å². The number of hydrogen-bond acceptors (Lipinski definition) is 2. The Morgan fingerprint density at radius 1 is 1.29 bits per heavy atom. The number of rotatable bonds is 2. The quantitative estimate of drug-likeness (QED) is 0.717. The zero-order chi connectivity index (χ0) is 14.4. The van der Waals surface area contributed by atoms with Gasteiger partial charge in [-0.3, -0.25) is 9.48 Å². The van der Waals surface area contributed by atoms with Gasteiger partial charge < -0.3 is 9.30 Å². The highest BCUT2D eigenvalue weighted by Crippen LogP contribution is 2.24. The molecule has 5 nitrogen and oxygen atoms in total. The van der Waals surface area contributed by atoms with Gasteiger partial charge in [-0.25, -0.2) is 0 Å². The largest absolute Gasteiger partial charge is 0.334 e. The van der Waals surface area contributed by atoms with Crippen molar-refractivity contribution in [2.24, 2.45) is 0 Å². The highest BCUT2D eigenvalue weighted by atomic mass is 79.9. The molecule has 0 unspecified atom stereocenters. The lowest BCUT2D eigenvalue weighted by molar-refractivity contribution is 0.0501. The third-order valence-corrected chi connectivity index (χ3v) is 4.25. The lowest BCUT2D eigenvalue weighted by Crippen LogP contribution is -2.50. The molecule has 4 rings (SSSR count). The number of pyridine rings is 1. The van der Waals surface area contributed by atoms with E-state index in [1.165, 1.54) is 0 Å². The van der Waals surface area contributed by atoms with Gasteiger partial charge in [0.25, 0.3) is 5.91 Å². The molecular weight excluding hydrogens is 332 g/mol. The van der Waals surface area contributed by atoms with Crippen LogP contribution in [0, 0.1) is 0 Å². The maximum atomic E-state index is 12.5. The van der Waals surface area contributed by atoms with Gasteiger partial charge in [-0.15, -0.1) is 0 Å². The molecule has 0 radical (unpaired) electrons. The van der Waals surface area contributed by atoms with Crippen molar-refractivity contribution in [2.45, 2.75) is 6.04 Å². The fourth-order valence-corrected chi connectivity index (χ4v) is 2.96. The predicted octanol–water partition coefficient (Wildman–Crippen LogP) is 2.60. The molecule has 1 fully saturated rings. The van der Waals surface area contributed by atoms with Gasteiger partial charge in [0.1, 0.15) is 0 Å². The van der Waals surface area contributed by atoms with Gasteiger partial charge in [0, 0.05) is 37.2 Å². The monoisotopic (exact) mass is 344 g/mol. The van der Waals surface area contributed by atoms with Crippen molar-refractivity contribution in [3.8, 4) is 0 Å². The summed E-state index contributed by atoms with van der Waals surface area (Å²) < 4.78 is 4.84. The van der Waals surface area contributed by atoms with Crippen LogP contribution in [0.25, 0.3) is 5.52 Å². The highest BCUT2D eigenvalue weighted by molar-refractivity contribution is 9.10. The molecule has 1 aliphatic heterocycles. The molecule has 3 aromatic heterocycles. The van der Waals surface area contributed by atoms with E-state index in [-0.39, 0.29) is 11.9 Å². The third kappa shape index (κ3) is 2.15. The van der Waals surface area contributed by atoms with Crippen LogP contribution in [0.15, 0.2) is 53.5 Å². The summed E-state index contributed by atoms with van der Waals surface area (Å²) in [4.78, 5) is 14.3. The zero-order valence-corrected chi connectivity index (χ0v) is 12.8. The molecule has 6 heteroatoms. The average Bonchev–Trinajstić information content (AvgIpc) is 3.03. The van der Waals surface area contributed by atoms with Gasteiger partial charge in [-0.05, 0) is 34.1 Å². The van der Waals surface area contributed by atoms with E-state index < -0.39 is 0 Å². The van der Waals surface area contributed by atoms with Crippen molar-refractivity contribution < 1.29 is 4.79 Å². The summed E-state index contributed by atoms with van der Waals surface area (Å²) in [7, 11) is 0. The predicted molar refractivity (Wildman–Crippen MR) is 82.3 cm³/mol. The van der Waals surface area contributed by atoms with E-state index >= 15 is 0 Å². The first kappa shape index (κ1) is 12.6. The lowest BCUT2D eigenvalue weighted by Gasteiger charge is -2.39. The molecule has 0 aliphatic carbocycles. The summed E-state index contributed by atoms with van der Waals surface area (Å²) >= 11 is 3.39. The van der Waals surface area contributed by atoms with E-state index in [1.807, 2.05) is 56.8 Å². The Kier molecular flexibility index (Phi) is 2.85. The second kappa shape index (κ2) is 4.73. The molecule has 0 aromatic carbocycles. The lowest BCUT2D eigenvalue weighted by atomic mass is 10.1. The third-order valence-electron chi connectivity index (χ3n) is 3.85. The Morgan fingerprint density at radius 2 is 2.14 bits per heavy atom. The Bertz CT molecular complexity index is 783. The number of fused-ring (bicyclic) bond motifs is 1. The standard InChI is InChI=1S/C15H13BrN4O/c16-12-6-17-20(8-12)14-9-19(10-14)15(21)11-5-13-3-1-2-4-18(13)7-11/h1-8,14H,9-10H2. The number of aromatic nitrogens is 3. The second-order valence-electron chi connectivity index (χ2n) is 5.26. The number of halogens is 1. The maximum Gasteiger partial charge on any atom is 0.255 e. The molecule has 3 aromatic rings. The second-order valence-corrected chi connectivity index (χ2v) is 6.18. The van der Waals surface area contributed by atoms with Crippen LogP contribution in [0.3, 0.4) is 0 Å². The van der Waals surface area contributed by atoms with E-state index in [4.69, 9.17) is 0 Å². The average molecular weight is 345 g/mol. The van der Waals surface area contributed by atoms with E-state index in [9.17, 15) is 4.79 Å². The molecular formula is C15H13BrN4O. The normalized spacial score (nSPS) is 15.4. The molecule has 0 saturated carbocycles. The van der Waals surface area contributed by atoms with Crippen LogP contribution < -0.4 is 0 Å². The molecule has 0 N–H and O–H groups in total. The molecule has 0 spiro atoms. The van der Waals surface area contributed by atoms with Crippen LogP contribution in [0.5, 0.6) is 0 Å². The number of nitrogens with zero attached hydrogens (tertiary/aromatic N) is 4. The van der Waals surface area contributed by atoms with Crippen molar-refractivity contribution in [1.82, 2.24) is 19.1 Å². The fraction of sp³-hybridized carbons (Fsp3) is 0.200. The SMILES string of the molecule is O=C(c1cc2ccccn2c1)N1CC(n2cc(Br)cn2)C1. The minimum Gasteiger partial charge on any atom is -0.334 e. The van der Waals surface area contributed by atoms with Crippen LogP contribution in [-0.2, 0) is 0 Å². The van der Waals surface area contributed by atoms with Crippen LogP contribution in [0.1, 0.15) is 16.4 Å². The van der Waals surface area contributed by atoms with E-state index in [2.05, 4.69) is 21.0 Å². The van der Waals surface area contributed by atoms with Gasteiger partial charge in [0.2, 0.25) is 0 Å². The summed E-state index contributed by atoms with van der Waals surface area (Å²) in [5.41, 5.74) is 1.77. The minimum atomic E-state index is 0.0844. The zero-order valence-electron chi connectivity index (χ0n) is 11.2. The van der Waals surface area contributed by atoms with Crippen LogP contribution in [-0.4, -0.2) is 38.1 Å². The Hall–Kier alpha value is -2.08. The van der Waals surface area contributed by atoms with E-state index in [0.29, 0.717) is 13.1 Å². The Morgan fingerprint density at radius 3 is 2.86 bits per heavy atom. The molecule has 1 amide bonds. The summed E-state index contributed by atoms with van der Waals surface area (Å²) in [6.07, 6.45) is 7.55. The minimum absolute atomic E-state index is 0.0844. The first-order chi connectivity index (χ1) is 10.2.